The molecule has 0 amide bonds. The lowest BCUT2D eigenvalue weighted by Crippen LogP contribution is -2.31. The quantitative estimate of drug-likeness (QED) is 0.720. The molecule has 0 unspecified atom stereocenters. The van der Waals surface area contributed by atoms with Crippen LogP contribution in [0.4, 0.5) is 0 Å². The number of thiophene rings is 1. The summed E-state index contributed by atoms with van der Waals surface area (Å²) in [7, 11) is -0.789. The summed E-state index contributed by atoms with van der Waals surface area (Å²) in [6.07, 6.45) is 1.26. The fourth-order valence-corrected chi connectivity index (χ4v) is 3.48. The summed E-state index contributed by atoms with van der Waals surface area (Å²) in [4.78, 5) is 3.53. The molecule has 0 radical (unpaired) electrons. The predicted molar refractivity (Wildman–Crippen MR) is 80.9 cm³/mol. The maximum Gasteiger partial charge on any atom is 0.148 e. The topological polar surface area (TPSA) is 49.4 Å². The molecule has 104 valence electrons. The van der Waals surface area contributed by atoms with Gasteiger partial charge in [-0.25, -0.2) is 8.42 Å². The van der Waals surface area contributed by atoms with Gasteiger partial charge in [0.1, 0.15) is 9.84 Å². The van der Waals surface area contributed by atoms with Crippen molar-refractivity contribution in [1.29, 1.82) is 0 Å². The van der Waals surface area contributed by atoms with Crippen molar-refractivity contribution >= 4 is 37.1 Å². The third kappa shape index (κ3) is 7.48. The van der Waals surface area contributed by atoms with E-state index in [4.69, 9.17) is 0 Å². The molecule has 0 saturated carbocycles. The normalized spacial score (nSPS) is 12.2. The second-order valence-electron chi connectivity index (χ2n) is 4.35. The molecule has 1 N–H and O–H groups in total. The zero-order chi connectivity index (χ0) is 13.6. The van der Waals surface area contributed by atoms with Gasteiger partial charge >= 0.3 is 0 Å². The van der Waals surface area contributed by atoms with E-state index in [9.17, 15) is 8.42 Å². The number of halogens is 1. The van der Waals surface area contributed by atoms with Crippen molar-refractivity contribution < 1.29 is 8.42 Å². The van der Waals surface area contributed by atoms with E-state index in [0.717, 1.165) is 24.1 Å². The Labute approximate surface area is 121 Å². The third-order valence-electron chi connectivity index (χ3n) is 2.37. The van der Waals surface area contributed by atoms with Crippen LogP contribution >= 0.6 is 27.3 Å². The number of likely N-dealkylation sites (N-methyl/N-ethyl adjacent to an activating group) is 1. The minimum absolute atomic E-state index is 0.203. The molecule has 1 heterocycles. The first-order valence-electron chi connectivity index (χ1n) is 5.67. The van der Waals surface area contributed by atoms with Crippen LogP contribution in [-0.4, -0.2) is 52.0 Å². The minimum atomic E-state index is -2.85. The molecule has 1 aromatic rings. The van der Waals surface area contributed by atoms with Crippen molar-refractivity contribution in [2.75, 3.05) is 38.7 Å². The Kier molecular flexibility index (Phi) is 6.79. The smallest absolute Gasteiger partial charge is 0.148 e. The summed E-state index contributed by atoms with van der Waals surface area (Å²) in [5.74, 6) is 0.203. The zero-order valence-electron chi connectivity index (χ0n) is 10.6. The van der Waals surface area contributed by atoms with Crippen LogP contribution in [0, 0.1) is 0 Å². The lowest BCUT2D eigenvalue weighted by molar-refractivity contribution is 0.328. The predicted octanol–water partition coefficient (Wildman–Crippen LogP) is 1.58. The Morgan fingerprint density at radius 1 is 1.44 bits per heavy atom. The van der Waals surface area contributed by atoms with Gasteiger partial charge in [-0.3, -0.25) is 0 Å². The van der Waals surface area contributed by atoms with Gasteiger partial charge < -0.3 is 10.2 Å². The SMILES string of the molecule is CN(CCNCCS(C)(=O)=O)Cc1cc(Br)cs1. The molecule has 0 spiro atoms. The third-order valence-corrected chi connectivity index (χ3v) is 5.00. The van der Waals surface area contributed by atoms with E-state index in [2.05, 4.69) is 44.6 Å². The van der Waals surface area contributed by atoms with E-state index in [1.165, 1.54) is 11.1 Å². The lowest BCUT2D eigenvalue weighted by Gasteiger charge is -2.15. The molecule has 0 aliphatic rings. The minimum Gasteiger partial charge on any atom is -0.314 e. The zero-order valence-corrected chi connectivity index (χ0v) is 13.9. The standard InChI is InChI=1S/C11H19BrN2O2S2/c1-14(8-11-7-10(12)9-17-11)5-3-13-4-6-18(2,15)16/h7,9,13H,3-6,8H2,1-2H3. The van der Waals surface area contributed by atoms with Crippen LogP contribution in [0.3, 0.4) is 0 Å². The summed E-state index contributed by atoms with van der Waals surface area (Å²) in [6.45, 7) is 3.15. The summed E-state index contributed by atoms with van der Waals surface area (Å²) in [5.41, 5.74) is 0. The molecule has 1 rings (SSSR count). The highest BCUT2D eigenvalue weighted by Crippen LogP contribution is 2.20. The van der Waals surface area contributed by atoms with Crippen molar-refractivity contribution in [3.8, 4) is 0 Å². The molecule has 0 fully saturated rings. The first-order valence-corrected chi connectivity index (χ1v) is 9.40. The number of hydrogen-bond acceptors (Lipinski definition) is 5. The van der Waals surface area contributed by atoms with Crippen molar-refractivity contribution in [1.82, 2.24) is 10.2 Å². The Morgan fingerprint density at radius 3 is 2.72 bits per heavy atom. The summed E-state index contributed by atoms with van der Waals surface area (Å²) >= 11 is 5.17. The Balaban J connectivity index is 2.12. The molecule has 0 saturated heterocycles. The molecule has 4 nitrogen and oxygen atoms in total. The fourth-order valence-electron chi connectivity index (χ4n) is 1.43. The Morgan fingerprint density at radius 2 is 2.17 bits per heavy atom. The van der Waals surface area contributed by atoms with E-state index in [-0.39, 0.29) is 5.75 Å². The van der Waals surface area contributed by atoms with Crippen molar-refractivity contribution in [2.24, 2.45) is 0 Å². The molecule has 0 bridgehead atoms. The number of nitrogens with zero attached hydrogens (tertiary/aromatic N) is 1. The van der Waals surface area contributed by atoms with Crippen molar-refractivity contribution in [3.05, 3.63) is 20.8 Å². The van der Waals surface area contributed by atoms with Crippen molar-refractivity contribution in [2.45, 2.75) is 6.54 Å². The van der Waals surface area contributed by atoms with Crippen LogP contribution < -0.4 is 5.32 Å². The van der Waals surface area contributed by atoms with E-state index in [1.807, 2.05) is 0 Å². The molecular formula is C11H19BrN2O2S2. The monoisotopic (exact) mass is 354 g/mol. The first-order chi connectivity index (χ1) is 8.37. The van der Waals surface area contributed by atoms with Crippen LogP contribution in [-0.2, 0) is 16.4 Å². The van der Waals surface area contributed by atoms with Crippen LogP contribution in [0.5, 0.6) is 0 Å². The maximum absolute atomic E-state index is 10.9. The van der Waals surface area contributed by atoms with E-state index in [1.54, 1.807) is 11.3 Å². The van der Waals surface area contributed by atoms with Gasteiger partial charge in [-0.2, -0.15) is 0 Å². The molecule has 0 aliphatic carbocycles. The number of nitrogens with one attached hydrogen (secondary N) is 1. The highest BCUT2D eigenvalue weighted by Gasteiger charge is 2.04. The summed E-state index contributed by atoms with van der Waals surface area (Å²) in [6, 6.07) is 2.12. The first kappa shape index (κ1) is 16.1. The van der Waals surface area contributed by atoms with Crippen LogP contribution in [0.2, 0.25) is 0 Å². The number of rotatable bonds is 8. The van der Waals surface area contributed by atoms with Crippen LogP contribution in [0.15, 0.2) is 15.9 Å². The molecule has 1 aromatic heterocycles. The molecular weight excluding hydrogens is 336 g/mol. The second kappa shape index (κ2) is 7.59. The van der Waals surface area contributed by atoms with Gasteiger partial charge in [-0.05, 0) is 29.0 Å². The van der Waals surface area contributed by atoms with E-state index >= 15 is 0 Å². The lowest BCUT2D eigenvalue weighted by atomic mass is 10.4. The molecule has 0 aromatic carbocycles. The van der Waals surface area contributed by atoms with Gasteiger partial charge in [0, 0.05) is 47.2 Å². The van der Waals surface area contributed by atoms with Gasteiger partial charge in [-0.1, -0.05) is 0 Å². The molecule has 0 atom stereocenters. The van der Waals surface area contributed by atoms with Crippen molar-refractivity contribution in [3.63, 3.8) is 0 Å². The van der Waals surface area contributed by atoms with Gasteiger partial charge in [0.15, 0.2) is 0 Å². The van der Waals surface area contributed by atoms with Gasteiger partial charge in [0.2, 0.25) is 0 Å². The average molecular weight is 355 g/mol. The highest BCUT2D eigenvalue weighted by molar-refractivity contribution is 9.10. The molecule has 18 heavy (non-hydrogen) atoms. The maximum atomic E-state index is 10.9. The second-order valence-corrected chi connectivity index (χ2v) is 8.52. The highest BCUT2D eigenvalue weighted by atomic mass is 79.9. The van der Waals surface area contributed by atoms with E-state index < -0.39 is 9.84 Å². The van der Waals surface area contributed by atoms with Crippen LogP contribution in [0.1, 0.15) is 4.88 Å². The molecule has 0 aliphatic heterocycles. The number of hydrogen-bond donors (Lipinski definition) is 1. The Bertz CT molecular complexity index is 459. The summed E-state index contributed by atoms with van der Waals surface area (Å²) < 4.78 is 23.0. The molecule has 7 heteroatoms. The van der Waals surface area contributed by atoms with Crippen LogP contribution in [0.25, 0.3) is 0 Å². The van der Waals surface area contributed by atoms with Gasteiger partial charge in [-0.15, -0.1) is 11.3 Å². The van der Waals surface area contributed by atoms with Gasteiger partial charge in [0.05, 0.1) is 5.75 Å². The average Bonchev–Trinajstić information content (AvgIpc) is 2.61. The fraction of sp³-hybridized carbons (Fsp3) is 0.636. The summed E-state index contributed by atoms with van der Waals surface area (Å²) in [5, 5.41) is 5.21. The largest absolute Gasteiger partial charge is 0.314 e. The van der Waals surface area contributed by atoms with Gasteiger partial charge in [0.25, 0.3) is 0 Å². The Hall–Kier alpha value is 0.0500. The number of sulfone groups is 1. The van der Waals surface area contributed by atoms with E-state index in [0.29, 0.717) is 6.54 Å².